The molecule has 0 aliphatic rings. The third-order valence-electron chi connectivity index (χ3n) is 2.22. The summed E-state index contributed by atoms with van der Waals surface area (Å²) in [5, 5.41) is 1.96. The third-order valence-corrected chi connectivity index (χ3v) is 2.54. The Morgan fingerprint density at radius 2 is 2.14 bits per heavy atom. The molecule has 0 amide bonds. The minimum atomic E-state index is 0.820. The Labute approximate surface area is 88.5 Å². The third kappa shape index (κ3) is 1.63. The number of nitrogens with zero attached hydrogens (tertiary/aromatic N) is 1. The Bertz CT molecular complexity index is 445. The van der Waals surface area contributed by atoms with Gasteiger partial charge in [0.15, 0.2) is 0 Å². The maximum atomic E-state index is 6.15. The number of benzene rings is 1. The van der Waals surface area contributed by atoms with E-state index in [-0.39, 0.29) is 0 Å². The predicted molar refractivity (Wildman–Crippen MR) is 60.7 cm³/mol. The molecule has 0 aliphatic carbocycles. The molecular formula is C11H13ClN2. The standard InChI is InChI=1S/C11H13ClN2/c1-14(2)7-8-6-13-10-5-3-4-9(12)11(8)10/h3-6,13H,7H2,1-2H3. The molecule has 0 atom stereocenters. The van der Waals surface area contributed by atoms with Crippen LogP contribution < -0.4 is 0 Å². The zero-order chi connectivity index (χ0) is 10.1. The number of aromatic amines is 1. The molecule has 0 aliphatic heterocycles. The molecule has 1 aromatic carbocycles. The molecule has 2 rings (SSSR count). The summed E-state index contributed by atoms with van der Waals surface area (Å²) in [5.41, 5.74) is 2.35. The van der Waals surface area contributed by atoms with Crippen molar-refractivity contribution in [2.24, 2.45) is 0 Å². The van der Waals surface area contributed by atoms with Gasteiger partial charge in [0.2, 0.25) is 0 Å². The molecule has 3 heteroatoms. The molecule has 0 bridgehead atoms. The summed E-state index contributed by atoms with van der Waals surface area (Å²) in [6.45, 7) is 0.906. The zero-order valence-electron chi connectivity index (χ0n) is 8.34. The van der Waals surface area contributed by atoms with Crippen molar-refractivity contribution in [3.63, 3.8) is 0 Å². The average molecular weight is 209 g/mol. The fourth-order valence-corrected chi connectivity index (χ4v) is 1.97. The number of fused-ring (bicyclic) bond motifs is 1. The lowest BCUT2D eigenvalue weighted by molar-refractivity contribution is 0.404. The Morgan fingerprint density at radius 3 is 2.86 bits per heavy atom. The van der Waals surface area contributed by atoms with Crippen LogP contribution in [0, 0.1) is 0 Å². The topological polar surface area (TPSA) is 19.0 Å². The molecule has 2 aromatic rings. The molecule has 1 aromatic heterocycles. The molecule has 0 fully saturated rings. The monoisotopic (exact) mass is 208 g/mol. The van der Waals surface area contributed by atoms with Crippen LogP contribution in [-0.2, 0) is 6.54 Å². The van der Waals surface area contributed by atoms with Crippen LogP contribution in [-0.4, -0.2) is 24.0 Å². The minimum Gasteiger partial charge on any atom is -0.361 e. The summed E-state index contributed by atoms with van der Waals surface area (Å²) in [6.07, 6.45) is 2.02. The molecule has 74 valence electrons. The van der Waals surface area contributed by atoms with Gasteiger partial charge in [-0.15, -0.1) is 0 Å². The van der Waals surface area contributed by atoms with E-state index in [0.29, 0.717) is 0 Å². The van der Waals surface area contributed by atoms with Crippen molar-refractivity contribution in [3.05, 3.63) is 35.0 Å². The van der Waals surface area contributed by atoms with Gasteiger partial charge in [-0.25, -0.2) is 0 Å². The Kier molecular flexibility index (Phi) is 2.48. The van der Waals surface area contributed by atoms with Crippen LogP contribution in [0.2, 0.25) is 5.02 Å². The van der Waals surface area contributed by atoms with Gasteiger partial charge in [-0.05, 0) is 31.8 Å². The summed E-state index contributed by atoms with van der Waals surface area (Å²) in [6, 6.07) is 5.93. The summed E-state index contributed by atoms with van der Waals surface area (Å²) < 4.78 is 0. The van der Waals surface area contributed by atoms with E-state index in [9.17, 15) is 0 Å². The van der Waals surface area contributed by atoms with Crippen LogP contribution in [0.25, 0.3) is 10.9 Å². The first-order valence-electron chi connectivity index (χ1n) is 4.57. The van der Waals surface area contributed by atoms with Crippen molar-refractivity contribution in [1.29, 1.82) is 0 Å². The quantitative estimate of drug-likeness (QED) is 0.804. The number of aromatic nitrogens is 1. The summed E-state index contributed by atoms with van der Waals surface area (Å²) in [5.74, 6) is 0. The molecule has 0 unspecified atom stereocenters. The molecule has 14 heavy (non-hydrogen) atoms. The van der Waals surface area contributed by atoms with Crippen molar-refractivity contribution >= 4 is 22.5 Å². The molecule has 1 N–H and O–H groups in total. The lowest BCUT2D eigenvalue weighted by Crippen LogP contribution is -2.10. The van der Waals surface area contributed by atoms with Crippen LogP contribution in [0.3, 0.4) is 0 Å². The second-order valence-electron chi connectivity index (χ2n) is 3.71. The van der Waals surface area contributed by atoms with Crippen molar-refractivity contribution < 1.29 is 0 Å². The van der Waals surface area contributed by atoms with E-state index in [1.54, 1.807) is 0 Å². The molecule has 0 saturated heterocycles. The van der Waals surface area contributed by atoms with Gasteiger partial charge >= 0.3 is 0 Å². The second kappa shape index (κ2) is 3.64. The molecule has 1 heterocycles. The van der Waals surface area contributed by atoms with E-state index in [1.165, 1.54) is 5.56 Å². The molecule has 0 radical (unpaired) electrons. The first-order chi connectivity index (χ1) is 6.68. The van der Waals surface area contributed by atoms with Crippen LogP contribution in [0.5, 0.6) is 0 Å². The van der Waals surface area contributed by atoms with E-state index in [2.05, 4.69) is 24.0 Å². The highest BCUT2D eigenvalue weighted by atomic mass is 35.5. The Morgan fingerprint density at radius 1 is 1.36 bits per heavy atom. The highest BCUT2D eigenvalue weighted by Crippen LogP contribution is 2.26. The van der Waals surface area contributed by atoms with E-state index < -0.39 is 0 Å². The number of H-pyrrole nitrogens is 1. The summed E-state index contributed by atoms with van der Waals surface area (Å²) >= 11 is 6.15. The zero-order valence-corrected chi connectivity index (χ0v) is 9.10. The fourth-order valence-electron chi connectivity index (χ4n) is 1.67. The van der Waals surface area contributed by atoms with E-state index in [0.717, 1.165) is 22.5 Å². The van der Waals surface area contributed by atoms with Crippen molar-refractivity contribution in [3.8, 4) is 0 Å². The van der Waals surface area contributed by atoms with E-state index in [4.69, 9.17) is 11.6 Å². The van der Waals surface area contributed by atoms with Crippen LogP contribution in [0.1, 0.15) is 5.56 Å². The summed E-state index contributed by atoms with van der Waals surface area (Å²) in [7, 11) is 4.10. The first kappa shape index (κ1) is 9.56. The first-order valence-corrected chi connectivity index (χ1v) is 4.95. The smallest absolute Gasteiger partial charge is 0.0503 e. The van der Waals surface area contributed by atoms with Crippen LogP contribution in [0.15, 0.2) is 24.4 Å². The SMILES string of the molecule is CN(C)Cc1c[nH]c2cccc(Cl)c12. The van der Waals surface area contributed by atoms with Crippen molar-refractivity contribution in [1.82, 2.24) is 9.88 Å². The molecule has 0 spiro atoms. The van der Waals surface area contributed by atoms with Crippen molar-refractivity contribution in [2.45, 2.75) is 6.54 Å². The summed E-state index contributed by atoms with van der Waals surface area (Å²) in [4.78, 5) is 5.35. The van der Waals surface area contributed by atoms with Crippen LogP contribution in [0.4, 0.5) is 0 Å². The highest BCUT2D eigenvalue weighted by Gasteiger charge is 2.07. The molecular weight excluding hydrogens is 196 g/mol. The van der Waals surface area contributed by atoms with Gasteiger partial charge in [0.05, 0.1) is 5.02 Å². The number of halogens is 1. The number of hydrogen-bond acceptors (Lipinski definition) is 1. The van der Waals surface area contributed by atoms with Gasteiger partial charge in [-0.3, -0.25) is 0 Å². The lowest BCUT2D eigenvalue weighted by Gasteiger charge is -2.08. The normalized spacial score (nSPS) is 11.4. The maximum Gasteiger partial charge on any atom is 0.0503 e. The maximum absolute atomic E-state index is 6.15. The number of rotatable bonds is 2. The van der Waals surface area contributed by atoms with Gasteiger partial charge in [0, 0.05) is 23.6 Å². The minimum absolute atomic E-state index is 0.820. The largest absolute Gasteiger partial charge is 0.361 e. The van der Waals surface area contributed by atoms with E-state index in [1.807, 2.05) is 24.4 Å². The number of nitrogens with one attached hydrogen (secondary N) is 1. The molecule has 0 saturated carbocycles. The van der Waals surface area contributed by atoms with Crippen LogP contribution >= 0.6 is 11.6 Å². The predicted octanol–water partition coefficient (Wildman–Crippen LogP) is 2.88. The second-order valence-corrected chi connectivity index (χ2v) is 4.12. The number of hydrogen-bond donors (Lipinski definition) is 1. The van der Waals surface area contributed by atoms with Gasteiger partial charge in [0.25, 0.3) is 0 Å². The van der Waals surface area contributed by atoms with Crippen molar-refractivity contribution in [2.75, 3.05) is 14.1 Å². The lowest BCUT2D eigenvalue weighted by atomic mass is 10.1. The molecule has 2 nitrogen and oxygen atoms in total. The van der Waals surface area contributed by atoms with E-state index >= 15 is 0 Å². The Hall–Kier alpha value is -0.990. The van der Waals surface area contributed by atoms with Gasteiger partial charge in [0.1, 0.15) is 0 Å². The average Bonchev–Trinajstić information content (AvgIpc) is 2.49. The van der Waals surface area contributed by atoms with Gasteiger partial charge < -0.3 is 9.88 Å². The fraction of sp³-hybridized carbons (Fsp3) is 0.273. The van der Waals surface area contributed by atoms with Gasteiger partial charge in [-0.1, -0.05) is 17.7 Å². The Balaban J connectivity index is 2.55. The van der Waals surface area contributed by atoms with Gasteiger partial charge in [-0.2, -0.15) is 0 Å². The highest BCUT2D eigenvalue weighted by molar-refractivity contribution is 6.35.